The Balaban J connectivity index is 1.52. The van der Waals surface area contributed by atoms with Gasteiger partial charge in [-0.2, -0.15) is 0 Å². The van der Waals surface area contributed by atoms with E-state index >= 15 is 0 Å². The van der Waals surface area contributed by atoms with E-state index in [-0.39, 0.29) is 17.6 Å². The molecule has 7 heteroatoms. The first-order chi connectivity index (χ1) is 13.4. The maximum atomic E-state index is 13.0. The molecule has 1 aromatic heterocycles. The number of nitrogens with zero attached hydrogens (tertiary/aromatic N) is 2. The largest absolute Gasteiger partial charge is 0.440 e. The van der Waals surface area contributed by atoms with Crippen LogP contribution in [0.25, 0.3) is 11.1 Å². The number of hydrogen-bond acceptors (Lipinski definition) is 5. The Labute approximate surface area is 164 Å². The molecule has 2 aromatic carbocycles. The number of rotatable bonds is 4. The molecule has 0 N–H and O–H groups in total. The maximum absolute atomic E-state index is 13.0. The zero-order chi connectivity index (χ0) is 19.7. The second kappa shape index (κ2) is 7.39. The van der Waals surface area contributed by atoms with Crippen LogP contribution in [0.2, 0.25) is 0 Å². The van der Waals surface area contributed by atoms with E-state index in [1.165, 1.54) is 6.26 Å². The average Bonchev–Trinajstić information content (AvgIpc) is 3.11. The van der Waals surface area contributed by atoms with Crippen molar-refractivity contribution < 1.29 is 17.6 Å². The van der Waals surface area contributed by atoms with Crippen molar-refractivity contribution in [1.29, 1.82) is 0 Å². The number of carbonyl (C=O) groups is 1. The number of oxazole rings is 1. The lowest BCUT2D eigenvalue weighted by molar-refractivity contribution is 0.0699. The number of fused-ring (bicyclic) bond motifs is 1. The SMILES string of the molecule is CS(=O)(=O)Cc1cccc(C(=O)N2CCC[C@H](c3nc4ccccc4o3)C2)c1. The third-order valence-corrected chi connectivity index (χ3v) is 5.83. The van der Waals surface area contributed by atoms with E-state index in [0.717, 1.165) is 23.9 Å². The van der Waals surface area contributed by atoms with Crippen molar-refractivity contribution in [3.05, 3.63) is 65.5 Å². The lowest BCUT2D eigenvalue weighted by atomic mass is 9.97. The predicted molar refractivity (Wildman–Crippen MR) is 107 cm³/mol. The van der Waals surface area contributed by atoms with Crippen LogP contribution in [0, 0.1) is 0 Å². The molecular formula is C21H22N2O4S. The quantitative estimate of drug-likeness (QED) is 0.673. The van der Waals surface area contributed by atoms with Gasteiger partial charge in [-0.1, -0.05) is 24.3 Å². The van der Waals surface area contributed by atoms with E-state index in [2.05, 4.69) is 4.98 Å². The van der Waals surface area contributed by atoms with Crippen LogP contribution in [0.5, 0.6) is 0 Å². The normalized spacial score (nSPS) is 17.8. The Morgan fingerprint density at radius 3 is 2.82 bits per heavy atom. The van der Waals surface area contributed by atoms with Gasteiger partial charge in [-0.3, -0.25) is 4.79 Å². The van der Waals surface area contributed by atoms with Crippen LogP contribution in [-0.4, -0.2) is 43.6 Å². The van der Waals surface area contributed by atoms with Crippen molar-refractivity contribution in [2.75, 3.05) is 19.3 Å². The van der Waals surface area contributed by atoms with Gasteiger partial charge >= 0.3 is 0 Å². The highest BCUT2D eigenvalue weighted by molar-refractivity contribution is 7.89. The number of hydrogen-bond donors (Lipinski definition) is 0. The number of likely N-dealkylation sites (tertiary alicyclic amines) is 1. The summed E-state index contributed by atoms with van der Waals surface area (Å²) >= 11 is 0. The summed E-state index contributed by atoms with van der Waals surface area (Å²) in [5.41, 5.74) is 2.73. The number of benzene rings is 2. The van der Waals surface area contributed by atoms with Crippen molar-refractivity contribution in [1.82, 2.24) is 9.88 Å². The highest BCUT2D eigenvalue weighted by atomic mass is 32.2. The minimum Gasteiger partial charge on any atom is -0.440 e. The standard InChI is InChI=1S/C21H22N2O4S/c1-28(25,26)14-15-6-4-7-16(12-15)21(24)23-11-5-8-17(13-23)20-22-18-9-2-3-10-19(18)27-20/h2-4,6-7,9-10,12,17H,5,8,11,13-14H2,1H3/t17-/m0/s1. The molecule has 0 aliphatic carbocycles. The van der Waals surface area contributed by atoms with Crippen molar-refractivity contribution in [2.24, 2.45) is 0 Å². The first-order valence-corrected chi connectivity index (χ1v) is 11.4. The Hall–Kier alpha value is -2.67. The Kier molecular flexibility index (Phi) is 4.93. The fourth-order valence-electron chi connectivity index (χ4n) is 3.71. The fourth-order valence-corrected chi connectivity index (χ4v) is 4.49. The number of carbonyl (C=O) groups excluding carboxylic acids is 1. The third kappa shape index (κ3) is 4.09. The molecular weight excluding hydrogens is 376 g/mol. The van der Waals surface area contributed by atoms with E-state index in [1.54, 1.807) is 24.3 Å². The molecule has 1 amide bonds. The summed E-state index contributed by atoms with van der Waals surface area (Å²) in [6.45, 7) is 1.22. The van der Waals surface area contributed by atoms with Crippen LogP contribution in [0.4, 0.5) is 0 Å². The molecule has 28 heavy (non-hydrogen) atoms. The molecule has 4 rings (SSSR count). The number of amides is 1. The number of sulfone groups is 1. The summed E-state index contributed by atoms with van der Waals surface area (Å²) in [5.74, 6) is 0.574. The molecule has 0 saturated carbocycles. The molecule has 1 aliphatic rings. The average molecular weight is 398 g/mol. The smallest absolute Gasteiger partial charge is 0.253 e. The van der Waals surface area contributed by atoms with Gasteiger partial charge in [0.15, 0.2) is 21.3 Å². The summed E-state index contributed by atoms with van der Waals surface area (Å²) in [4.78, 5) is 19.4. The van der Waals surface area contributed by atoms with Gasteiger partial charge in [0.1, 0.15) is 5.52 Å². The zero-order valence-corrected chi connectivity index (χ0v) is 16.5. The van der Waals surface area contributed by atoms with Gasteiger partial charge in [0, 0.05) is 24.9 Å². The van der Waals surface area contributed by atoms with Gasteiger partial charge in [-0.25, -0.2) is 13.4 Å². The summed E-state index contributed by atoms with van der Waals surface area (Å²) in [7, 11) is -3.15. The minimum absolute atomic E-state index is 0.0595. The molecule has 0 radical (unpaired) electrons. The Morgan fingerprint density at radius 2 is 2.04 bits per heavy atom. The molecule has 146 valence electrons. The molecule has 1 saturated heterocycles. The first-order valence-electron chi connectivity index (χ1n) is 9.30. The van der Waals surface area contributed by atoms with Crippen molar-refractivity contribution in [3.63, 3.8) is 0 Å². The van der Waals surface area contributed by atoms with Crippen LogP contribution >= 0.6 is 0 Å². The molecule has 0 unspecified atom stereocenters. The van der Waals surface area contributed by atoms with Crippen LogP contribution < -0.4 is 0 Å². The third-order valence-electron chi connectivity index (χ3n) is 4.97. The number of piperidine rings is 1. The number of aromatic nitrogens is 1. The summed E-state index contributed by atoms with van der Waals surface area (Å²) < 4.78 is 29.0. The van der Waals surface area contributed by atoms with E-state index in [4.69, 9.17) is 4.42 Å². The minimum atomic E-state index is -3.15. The predicted octanol–water partition coefficient (Wildman–Crippen LogP) is 3.39. The van der Waals surface area contributed by atoms with E-state index in [1.807, 2.05) is 29.2 Å². The molecule has 6 nitrogen and oxygen atoms in total. The van der Waals surface area contributed by atoms with Crippen LogP contribution in [0.15, 0.2) is 52.9 Å². The highest BCUT2D eigenvalue weighted by Gasteiger charge is 2.28. The van der Waals surface area contributed by atoms with Gasteiger partial charge in [0.05, 0.1) is 11.7 Å². The summed E-state index contributed by atoms with van der Waals surface area (Å²) in [6, 6.07) is 14.5. The molecule has 3 aromatic rings. The fraction of sp³-hybridized carbons (Fsp3) is 0.333. The summed E-state index contributed by atoms with van der Waals surface area (Å²) in [5, 5.41) is 0. The monoisotopic (exact) mass is 398 g/mol. The van der Waals surface area contributed by atoms with Crippen molar-refractivity contribution in [2.45, 2.75) is 24.5 Å². The second-order valence-corrected chi connectivity index (χ2v) is 9.52. The van der Waals surface area contributed by atoms with Crippen molar-refractivity contribution in [3.8, 4) is 0 Å². The first kappa shape index (κ1) is 18.7. The molecule has 1 aliphatic heterocycles. The molecule has 1 fully saturated rings. The van der Waals surface area contributed by atoms with E-state index in [0.29, 0.717) is 30.1 Å². The van der Waals surface area contributed by atoms with Crippen LogP contribution in [0.3, 0.4) is 0 Å². The zero-order valence-electron chi connectivity index (χ0n) is 15.7. The molecule has 0 spiro atoms. The van der Waals surface area contributed by atoms with Gasteiger partial charge in [0.25, 0.3) is 5.91 Å². The molecule has 1 atom stereocenters. The Morgan fingerprint density at radius 1 is 1.21 bits per heavy atom. The van der Waals surface area contributed by atoms with Gasteiger partial charge in [-0.05, 0) is 42.7 Å². The second-order valence-electron chi connectivity index (χ2n) is 7.38. The lowest BCUT2D eigenvalue weighted by Crippen LogP contribution is -2.39. The number of para-hydroxylation sites is 2. The van der Waals surface area contributed by atoms with Crippen LogP contribution in [-0.2, 0) is 15.6 Å². The summed E-state index contributed by atoms with van der Waals surface area (Å²) in [6.07, 6.45) is 2.99. The van der Waals surface area contributed by atoms with E-state index in [9.17, 15) is 13.2 Å². The maximum Gasteiger partial charge on any atom is 0.253 e. The topological polar surface area (TPSA) is 80.5 Å². The van der Waals surface area contributed by atoms with E-state index < -0.39 is 9.84 Å². The Bertz CT molecular complexity index is 1090. The molecule has 0 bridgehead atoms. The lowest BCUT2D eigenvalue weighted by Gasteiger charge is -2.31. The van der Waals surface area contributed by atoms with Crippen molar-refractivity contribution >= 4 is 26.8 Å². The molecule has 2 heterocycles. The van der Waals surface area contributed by atoms with Crippen LogP contribution in [0.1, 0.15) is 40.6 Å². The van der Waals surface area contributed by atoms with Gasteiger partial charge < -0.3 is 9.32 Å². The highest BCUT2D eigenvalue weighted by Crippen LogP contribution is 2.29. The van der Waals surface area contributed by atoms with Gasteiger partial charge in [-0.15, -0.1) is 0 Å². The van der Waals surface area contributed by atoms with Gasteiger partial charge in [0.2, 0.25) is 0 Å².